The van der Waals surface area contributed by atoms with Crippen molar-refractivity contribution in [2.45, 2.75) is 44.9 Å². The highest BCUT2D eigenvalue weighted by atomic mass is 16.5. The van der Waals surface area contributed by atoms with Gasteiger partial charge in [0.2, 0.25) is 5.91 Å². The van der Waals surface area contributed by atoms with Gasteiger partial charge in [-0.2, -0.15) is 0 Å². The van der Waals surface area contributed by atoms with Gasteiger partial charge in [0, 0.05) is 38.2 Å². The van der Waals surface area contributed by atoms with Crippen LogP contribution in [0.25, 0.3) is 0 Å². The maximum absolute atomic E-state index is 12.9. The van der Waals surface area contributed by atoms with Crippen LogP contribution < -0.4 is 9.47 Å². The number of amides is 2. The summed E-state index contributed by atoms with van der Waals surface area (Å²) in [5, 5.41) is 0. The average molecular weight is 389 g/mol. The molecule has 0 bridgehead atoms. The summed E-state index contributed by atoms with van der Waals surface area (Å²) in [6.07, 6.45) is 7.67. The minimum absolute atomic E-state index is 0.0254. The number of benzene rings is 1. The lowest BCUT2D eigenvalue weighted by atomic mass is 9.86. The molecule has 6 heteroatoms. The molecule has 154 valence electrons. The Kier molecular flexibility index (Phi) is 7.18. The van der Waals surface area contributed by atoms with Gasteiger partial charge in [0.15, 0.2) is 11.5 Å². The van der Waals surface area contributed by atoms with Gasteiger partial charge in [-0.1, -0.05) is 19.3 Å². The Morgan fingerprint density at radius 3 is 2.29 bits per heavy atom. The first-order valence-electron chi connectivity index (χ1n) is 10.4. The summed E-state index contributed by atoms with van der Waals surface area (Å²) in [5.74, 6) is 1.94. The van der Waals surface area contributed by atoms with Crippen molar-refractivity contribution in [2.24, 2.45) is 5.92 Å². The summed E-state index contributed by atoms with van der Waals surface area (Å²) in [7, 11) is 3.14. The molecule has 2 fully saturated rings. The molecule has 1 aromatic rings. The number of nitrogens with zero attached hydrogens (tertiary/aromatic N) is 2. The lowest BCUT2D eigenvalue weighted by molar-refractivity contribution is -0.132. The van der Waals surface area contributed by atoms with E-state index in [-0.39, 0.29) is 11.8 Å². The Morgan fingerprint density at radius 1 is 0.893 bits per heavy atom. The van der Waals surface area contributed by atoms with Crippen LogP contribution in [0.3, 0.4) is 0 Å². The molecule has 0 N–H and O–H groups in total. The van der Waals surface area contributed by atoms with E-state index in [0.29, 0.717) is 49.0 Å². The van der Waals surface area contributed by atoms with Crippen molar-refractivity contribution in [1.82, 2.24) is 9.80 Å². The number of carbonyl (C=O) groups excluding carboxylic acids is 2. The molecular formula is C22H32N2O4. The van der Waals surface area contributed by atoms with E-state index in [2.05, 4.69) is 0 Å². The number of rotatable bonds is 5. The van der Waals surface area contributed by atoms with Gasteiger partial charge in [0.05, 0.1) is 14.2 Å². The molecule has 3 rings (SSSR count). The number of hydrogen-bond acceptors (Lipinski definition) is 4. The Balaban J connectivity index is 1.58. The van der Waals surface area contributed by atoms with Crippen LogP contribution in [0.1, 0.15) is 55.3 Å². The molecule has 1 heterocycles. The number of methoxy groups -OCH3 is 2. The first kappa shape index (κ1) is 20.5. The van der Waals surface area contributed by atoms with Crippen LogP contribution in [0.15, 0.2) is 18.2 Å². The first-order chi connectivity index (χ1) is 13.6. The van der Waals surface area contributed by atoms with E-state index in [1.807, 2.05) is 9.80 Å². The van der Waals surface area contributed by atoms with E-state index in [1.54, 1.807) is 32.4 Å². The highest BCUT2D eigenvalue weighted by Crippen LogP contribution is 2.29. The van der Waals surface area contributed by atoms with Crippen LogP contribution in [0.2, 0.25) is 0 Å². The van der Waals surface area contributed by atoms with Crippen molar-refractivity contribution in [3.8, 4) is 11.5 Å². The molecular weight excluding hydrogens is 356 g/mol. The zero-order valence-corrected chi connectivity index (χ0v) is 17.1. The van der Waals surface area contributed by atoms with Crippen molar-refractivity contribution in [2.75, 3.05) is 40.4 Å². The highest BCUT2D eigenvalue weighted by molar-refractivity contribution is 5.95. The Morgan fingerprint density at radius 2 is 1.57 bits per heavy atom. The number of ether oxygens (including phenoxy) is 2. The first-order valence-corrected chi connectivity index (χ1v) is 10.4. The zero-order valence-electron chi connectivity index (χ0n) is 17.1. The number of carbonyl (C=O) groups is 2. The van der Waals surface area contributed by atoms with E-state index in [1.165, 1.54) is 32.1 Å². The fraction of sp³-hybridized carbons (Fsp3) is 0.636. The molecule has 1 aromatic carbocycles. The zero-order chi connectivity index (χ0) is 19.9. The summed E-state index contributed by atoms with van der Waals surface area (Å²) >= 11 is 0. The molecule has 28 heavy (non-hydrogen) atoms. The van der Waals surface area contributed by atoms with Crippen LogP contribution in [-0.2, 0) is 4.79 Å². The molecule has 6 nitrogen and oxygen atoms in total. The van der Waals surface area contributed by atoms with Gasteiger partial charge in [-0.25, -0.2) is 0 Å². The predicted molar refractivity (Wildman–Crippen MR) is 108 cm³/mol. The van der Waals surface area contributed by atoms with Crippen LogP contribution in [-0.4, -0.2) is 62.0 Å². The standard InChI is InChI=1S/C22H32N2O4/c1-27-19-10-9-18(16-20(19)28-2)22(26)24-12-6-11-23(13-14-24)21(25)15-17-7-4-3-5-8-17/h9-10,16-17H,3-8,11-15H2,1-2H3. The third-order valence-corrected chi connectivity index (χ3v) is 5.95. The topological polar surface area (TPSA) is 59.1 Å². The van der Waals surface area contributed by atoms with Crippen molar-refractivity contribution in [1.29, 1.82) is 0 Å². The van der Waals surface area contributed by atoms with Gasteiger partial charge in [-0.3, -0.25) is 9.59 Å². The SMILES string of the molecule is COc1ccc(C(=O)N2CCCN(C(=O)CC3CCCCC3)CC2)cc1OC. The number of hydrogen-bond donors (Lipinski definition) is 0. The van der Waals surface area contributed by atoms with Gasteiger partial charge in [0.1, 0.15) is 0 Å². The Bertz CT molecular complexity index is 685. The molecule has 1 aliphatic heterocycles. The summed E-state index contributed by atoms with van der Waals surface area (Å²) in [5.41, 5.74) is 0.583. The fourth-order valence-corrected chi connectivity index (χ4v) is 4.29. The summed E-state index contributed by atoms with van der Waals surface area (Å²) < 4.78 is 10.6. The van der Waals surface area contributed by atoms with Gasteiger partial charge < -0.3 is 19.3 Å². The molecule has 1 saturated carbocycles. The van der Waals surface area contributed by atoms with Crippen LogP contribution in [0.4, 0.5) is 0 Å². The smallest absolute Gasteiger partial charge is 0.254 e. The third-order valence-electron chi connectivity index (χ3n) is 5.95. The lowest BCUT2D eigenvalue weighted by Gasteiger charge is -2.26. The van der Waals surface area contributed by atoms with Crippen LogP contribution in [0, 0.1) is 5.92 Å². The van der Waals surface area contributed by atoms with Gasteiger partial charge in [-0.05, 0) is 43.4 Å². The summed E-state index contributed by atoms with van der Waals surface area (Å²) in [4.78, 5) is 29.4. The molecule has 1 aliphatic carbocycles. The van der Waals surface area contributed by atoms with Crippen molar-refractivity contribution >= 4 is 11.8 Å². The van der Waals surface area contributed by atoms with Gasteiger partial charge >= 0.3 is 0 Å². The molecule has 0 radical (unpaired) electrons. The Hall–Kier alpha value is -2.24. The fourth-order valence-electron chi connectivity index (χ4n) is 4.29. The minimum atomic E-state index is -0.0254. The molecule has 0 unspecified atom stereocenters. The van der Waals surface area contributed by atoms with E-state index in [4.69, 9.17) is 9.47 Å². The van der Waals surface area contributed by atoms with Crippen molar-refractivity contribution in [3.05, 3.63) is 23.8 Å². The summed E-state index contributed by atoms with van der Waals surface area (Å²) in [6, 6.07) is 5.24. The average Bonchev–Trinajstić information content (AvgIpc) is 3.00. The predicted octanol–water partition coefficient (Wildman–Crippen LogP) is 3.35. The largest absolute Gasteiger partial charge is 0.493 e. The molecule has 2 amide bonds. The van der Waals surface area contributed by atoms with E-state index in [0.717, 1.165) is 13.0 Å². The van der Waals surface area contributed by atoms with Crippen molar-refractivity contribution in [3.63, 3.8) is 0 Å². The lowest BCUT2D eigenvalue weighted by Crippen LogP contribution is -2.38. The van der Waals surface area contributed by atoms with E-state index >= 15 is 0 Å². The molecule has 0 aromatic heterocycles. The minimum Gasteiger partial charge on any atom is -0.493 e. The molecule has 2 aliphatic rings. The molecule has 0 spiro atoms. The third kappa shape index (κ3) is 4.97. The normalized spacial score (nSPS) is 18.5. The quantitative estimate of drug-likeness (QED) is 0.776. The molecule has 1 saturated heterocycles. The van der Waals surface area contributed by atoms with E-state index < -0.39 is 0 Å². The van der Waals surface area contributed by atoms with E-state index in [9.17, 15) is 9.59 Å². The van der Waals surface area contributed by atoms with Crippen LogP contribution >= 0.6 is 0 Å². The van der Waals surface area contributed by atoms with Gasteiger partial charge in [0.25, 0.3) is 5.91 Å². The second-order valence-corrected chi connectivity index (χ2v) is 7.80. The second kappa shape index (κ2) is 9.80. The van der Waals surface area contributed by atoms with Gasteiger partial charge in [-0.15, -0.1) is 0 Å². The second-order valence-electron chi connectivity index (χ2n) is 7.80. The van der Waals surface area contributed by atoms with Crippen molar-refractivity contribution < 1.29 is 19.1 Å². The Labute approximate surface area is 167 Å². The maximum Gasteiger partial charge on any atom is 0.254 e. The van der Waals surface area contributed by atoms with Crippen LogP contribution in [0.5, 0.6) is 11.5 Å². The maximum atomic E-state index is 12.9. The monoisotopic (exact) mass is 388 g/mol. The highest BCUT2D eigenvalue weighted by Gasteiger charge is 2.25. The summed E-state index contributed by atoms with van der Waals surface area (Å²) in [6.45, 7) is 2.59. The molecule has 0 atom stereocenters.